The maximum absolute atomic E-state index is 7.11. The van der Waals surface area contributed by atoms with Gasteiger partial charge in [-0.2, -0.15) is 12.1 Å². The van der Waals surface area contributed by atoms with Gasteiger partial charge in [0.15, 0.2) is 0 Å². The molecular weight excluding hydrogens is 1010 g/mol. The molecule has 2 aromatic heterocycles. The van der Waals surface area contributed by atoms with Crippen LogP contribution in [0, 0.1) is 25.5 Å². The maximum Gasteiger partial charge on any atom is 4.00 e. The number of benzene rings is 8. The molecule has 67 heavy (non-hydrogen) atoms. The van der Waals surface area contributed by atoms with E-state index in [1.807, 2.05) is 36.4 Å². The van der Waals surface area contributed by atoms with E-state index in [-0.39, 0.29) is 31.9 Å². The minimum atomic E-state index is -1.07. The summed E-state index contributed by atoms with van der Waals surface area (Å²) in [7, 11) is 0. The number of furan rings is 2. The topological polar surface area (TPSA) is 48.5 Å². The van der Waals surface area contributed by atoms with Crippen molar-refractivity contribution in [2.45, 2.75) is 58.0 Å². The predicted molar refractivity (Wildman–Crippen MR) is 267 cm³/mol. The van der Waals surface area contributed by atoms with E-state index in [4.69, 9.17) is 13.6 Å². The van der Waals surface area contributed by atoms with Crippen molar-refractivity contribution in [3.63, 3.8) is 0 Å². The third kappa shape index (κ3) is 6.13. The van der Waals surface area contributed by atoms with Gasteiger partial charge < -0.3 is 33.2 Å². The Bertz CT molecular complexity index is 3380. The third-order valence-electron chi connectivity index (χ3n) is 13.7. The van der Waals surface area contributed by atoms with Gasteiger partial charge in [-0.3, -0.25) is 0 Å². The fraction of sp³-hybridized carbons (Fsp3) is 0.153. The van der Waals surface area contributed by atoms with E-state index in [0.717, 1.165) is 101 Å². The van der Waals surface area contributed by atoms with Crippen LogP contribution in [0.4, 0.5) is 34.1 Å². The Morgan fingerprint density at radius 2 is 0.851 bits per heavy atom. The summed E-state index contributed by atoms with van der Waals surface area (Å²) in [5, 5.41) is 4.23. The molecule has 0 bridgehead atoms. The first-order chi connectivity index (χ1) is 31.9. The molecule has 8 aromatic carbocycles. The van der Waals surface area contributed by atoms with Gasteiger partial charge in [0, 0.05) is 55.8 Å². The first-order valence-electron chi connectivity index (χ1n) is 22.6. The second-order valence-corrected chi connectivity index (χ2v) is 19.8. The van der Waals surface area contributed by atoms with Crippen molar-refractivity contribution in [2.75, 3.05) is 19.6 Å². The quantitative estimate of drug-likeness (QED) is 0.163. The summed E-state index contributed by atoms with van der Waals surface area (Å²) in [4.78, 5) is 9.50. The Hall–Kier alpha value is -6.95. The standard InChI is InChI=1S/C59H46N4O3.Pt/c1-57(2,3)37-23-27-55-45(31-37)59(46-32-38(58(4,5)6)24-28-56(46)66-55,62-35-60(47-17-9-11-19-49(47)62)39-25-29-53-43(33-39)41-15-7-13-21-51(41)64-53)63-36-61(48-18-10-12-20-50(48)63)40-26-30-54-44(34-40)42-16-8-14-22-52(42)65-54;/h7-24,27-36H,1-6H3;/q-4;+4. The minimum Gasteiger partial charge on any atom is -0.516 e. The zero-order valence-electron chi connectivity index (χ0n) is 38.0. The molecular formula is C59H46N4O3Pt. The summed E-state index contributed by atoms with van der Waals surface area (Å²) in [6.45, 7) is 18.2. The van der Waals surface area contributed by atoms with Crippen LogP contribution in [-0.2, 0) is 37.6 Å². The van der Waals surface area contributed by atoms with Crippen molar-refractivity contribution >= 4 is 78.0 Å². The molecule has 10 aromatic rings. The molecule has 0 unspecified atom stereocenters. The number of hydrogen-bond acceptors (Lipinski definition) is 7. The number of rotatable bonds is 4. The number of nitrogens with zero attached hydrogens (tertiary/aromatic N) is 4. The summed E-state index contributed by atoms with van der Waals surface area (Å²) in [5.41, 5.74) is 12.3. The van der Waals surface area contributed by atoms with Gasteiger partial charge in [-0.1, -0.05) is 125 Å². The van der Waals surface area contributed by atoms with Crippen LogP contribution in [0.5, 0.6) is 11.5 Å². The smallest absolute Gasteiger partial charge is 0.516 e. The number of para-hydroxylation sites is 6. The normalized spacial score (nSPS) is 15.2. The fourth-order valence-corrected chi connectivity index (χ4v) is 10.3. The molecule has 3 aliphatic heterocycles. The Morgan fingerprint density at radius 3 is 1.28 bits per heavy atom. The van der Waals surface area contributed by atoms with Gasteiger partial charge in [0.2, 0.25) is 0 Å². The molecule has 0 saturated carbocycles. The Balaban J connectivity index is 0.00000468. The van der Waals surface area contributed by atoms with E-state index in [9.17, 15) is 0 Å². The third-order valence-corrected chi connectivity index (χ3v) is 13.7. The Labute approximate surface area is 405 Å². The first-order valence-corrected chi connectivity index (χ1v) is 22.6. The van der Waals surface area contributed by atoms with Crippen LogP contribution in [0.15, 0.2) is 167 Å². The van der Waals surface area contributed by atoms with E-state index in [2.05, 4.69) is 208 Å². The van der Waals surface area contributed by atoms with Crippen molar-refractivity contribution in [3.05, 3.63) is 205 Å². The zero-order chi connectivity index (χ0) is 44.7. The van der Waals surface area contributed by atoms with Gasteiger partial charge >= 0.3 is 21.1 Å². The molecule has 0 saturated heterocycles. The SMILES string of the molecule is CC(C)(C)c1ccc2c(c1)C(N1[CH-]N(c3[c-]cc4oc5ccccc5c4c3)c3ccccc31)(N1[CH-]N(c3[c-]cc4oc5ccccc5c4c3)c3ccccc31)c1cc(C(C)(C)C)ccc1O2.[Pt+4]. The van der Waals surface area contributed by atoms with Crippen molar-refractivity contribution < 1.29 is 34.6 Å². The molecule has 5 heterocycles. The molecule has 0 aliphatic carbocycles. The van der Waals surface area contributed by atoms with Gasteiger partial charge in [0.05, 0.1) is 0 Å². The van der Waals surface area contributed by atoms with Gasteiger partial charge in [0.25, 0.3) is 0 Å². The first kappa shape index (κ1) is 41.5. The van der Waals surface area contributed by atoms with Gasteiger partial charge in [-0.05, 0) is 82.6 Å². The predicted octanol–water partition coefficient (Wildman–Crippen LogP) is 15.5. The number of ether oxygens (including phenoxy) is 1. The second kappa shape index (κ2) is 14.8. The average molecular weight is 1050 g/mol. The second-order valence-electron chi connectivity index (χ2n) is 19.8. The largest absolute Gasteiger partial charge is 4.00 e. The fourth-order valence-electron chi connectivity index (χ4n) is 10.3. The monoisotopic (exact) mass is 1050 g/mol. The molecule has 330 valence electrons. The maximum atomic E-state index is 7.11. The number of fused-ring (bicyclic) bond motifs is 10. The van der Waals surface area contributed by atoms with Crippen LogP contribution in [0.3, 0.4) is 0 Å². The molecule has 7 nitrogen and oxygen atoms in total. The molecule has 8 heteroatoms. The molecule has 13 rings (SSSR count). The summed E-state index contributed by atoms with van der Waals surface area (Å²) in [6, 6.07) is 63.0. The zero-order valence-corrected chi connectivity index (χ0v) is 40.3. The van der Waals surface area contributed by atoms with Crippen molar-refractivity contribution in [1.82, 2.24) is 0 Å². The van der Waals surface area contributed by atoms with E-state index in [1.54, 1.807) is 0 Å². The molecule has 0 radical (unpaired) electrons. The summed E-state index contributed by atoms with van der Waals surface area (Å²) < 4.78 is 19.7. The van der Waals surface area contributed by atoms with Crippen LogP contribution in [0.1, 0.15) is 63.8 Å². The summed E-state index contributed by atoms with van der Waals surface area (Å²) in [5.74, 6) is 1.59. The van der Waals surface area contributed by atoms with Crippen LogP contribution in [0.2, 0.25) is 0 Å². The summed E-state index contributed by atoms with van der Waals surface area (Å²) in [6.07, 6.45) is 0. The van der Waals surface area contributed by atoms with Crippen LogP contribution in [0.25, 0.3) is 43.9 Å². The average Bonchev–Trinajstić information content (AvgIpc) is 4.10. The van der Waals surface area contributed by atoms with Gasteiger partial charge in [0.1, 0.15) is 28.3 Å². The molecule has 0 fully saturated rings. The van der Waals surface area contributed by atoms with E-state index >= 15 is 0 Å². The molecule has 0 amide bonds. The van der Waals surface area contributed by atoms with E-state index in [1.165, 1.54) is 11.1 Å². The van der Waals surface area contributed by atoms with Crippen molar-refractivity contribution in [2.24, 2.45) is 0 Å². The van der Waals surface area contributed by atoms with Crippen molar-refractivity contribution in [1.29, 1.82) is 0 Å². The number of anilines is 6. The molecule has 0 spiro atoms. The Kier molecular flexibility index (Phi) is 9.15. The van der Waals surface area contributed by atoms with E-state index in [0.29, 0.717) is 0 Å². The van der Waals surface area contributed by atoms with Gasteiger partial charge in [-0.25, -0.2) is 0 Å². The molecule has 0 N–H and O–H groups in total. The molecule has 0 atom stereocenters. The Morgan fingerprint density at radius 1 is 0.448 bits per heavy atom. The van der Waals surface area contributed by atoms with E-state index < -0.39 is 5.66 Å². The summed E-state index contributed by atoms with van der Waals surface area (Å²) >= 11 is 0. The van der Waals surface area contributed by atoms with Gasteiger partial charge in [-0.15, -0.1) is 49.0 Å². The number of hydrogen-bond donors (Lipinski definition) is 0. The minimum absolute atomic E-state index is 0. The van der Waals surface area contributed by atoms with Crippen LogP contribution >= 0.6 is 0 Å². The van der Waals surface area contributed by atoms with Crippen LogP contribution < -0.4 is 24.3 Å². The van der Waals surface area contributed by atoms with Crippen LogP contribution in [-0.4, -0.2) is 0 Å². The molecule has 3 aliphatic rings. The van der Waals surface area contributed by atoms with Crippen molar-refractivity contribution in [3.8, 4) is 11.5 Å².